The summed E-state index contributed by atoms with van der Waals surface area (Å²) < 4.78 is 14.7. The molecule has 0 bridgehead atoms. The lowest BCUT2D eigenvalue weighted by Gasteiger charge is -2.12. The van der Waals surface area contributed by atoms with Crippen LogP contribution in [0.1, 0.15) is 35.7 Å². The Balaban J connectivity index is 1.39. The van der Waals surface area contributed by atoms with Gasteiger partial charge in [-0.25, -0.2) is 4.98 Å². The highest BCUT2D eigenvalue weighted by atomic mass is 16.5. The van der Waals surface area contributed by atoms with Gasteiger partial charge in [-0.15, -0.1) is 0 Å². The first-order valence-corrected chi connectivity index (χ1v) is 11.5. The zero-order valence-corrected chi connectivity index (χ0v) is 20.4. The fourth-order valence-electron chi connectivity index (χ4n) is 3.60. The predicted molar refractivity (Wildman–Crippen MR) is 133 cm³/mol. The van der Waals surface area contributed by atoms with Crippen molar-refractivity contribution in [2.75, 3.05) is 11.9 Å². The third-order valence-electron chi connectivity index (χ3n) is 5.64. The number of aromatic nitrogens is 4. The molecule has 0 unspecified atom stereocenters. The maximum absolute atomic E-state index is 12.6. The molecule has 2 aromatic heterocycles. The van der Waals surface area contributed by atoms with Crippen LogP contribution in [-0.2, 0) is 17.9 Å². The van der Waals surface area contributed by atoms with Gasteiger partial charge in [-0.1, -0.05) is 19.1 Å². The van der Waals surface area contributed by atoms with Crippen molar-refractivity contribution >= 4 is 17.4 Å². The number of nitrogens with one attached hydrogen (secondary N) is 1. The Bertz CT molecular complexity index is 1420. The van der Waals surface area contributed by atoms with Crippen molar-refractivity contribution in [2.45, 2.75) is 47.3 Å². The second-order valence-corrected chi connectivity index (χ2v) is 8.46. The van der Waals surface area contributed by atoms with E-state index in [1.165, 1.54) is 16.1 Å². The molecule has 0 aliphatic carbocycles. The van der Waals surface area contributed by atoms with Gasteiger partial charge in [0.05, 0.1) is 5.69 Å². The fourth-order valence-corrected chi connectivity index (χ4v) is 3.60. The summed E-state index contributed by atoms with van der Waals surface area (Å²) in [4.78, 5) is 33.6. The number of amides is 1. The molecular weight excluding hydrogens is 446 g/mol. The summed E-state index contributed by atoms with van der Waals surface area (Å²) in [5.41, 5.74) is 4.02. The molecule has 0 radical (unpaired) electrons. The van der Waals surface area contributed by atoms with Crippen molar-refractivity contribution in [3.8, 4) is 11.5 Å². The molecule has 9 nitrogen and oxygen atoms in total. The minimum Gasteiger partial charge on any atom is -0.487 e. The molecule has 0 spiro atoms. The SMILES string of the molecule is CCCn1cnc2nc(COc3cc(NC(=O)COc4ccc(C)c(C)c4)ccc3C)cc(=O)n21. The van der Waals surface area contributed by atoms with Crippen LogP contribution in [-0.4, -0.2) is 31.7 Å². The smallest absolute Gasteiger partial charge is 0.274 e. The third kappa shape index (κ3) is 5.68. The van der Waals surface area contributed by atoms with Crippen molar-refractivity contribution < 1.29 is 14.3 Å². The van der Waals surface area contributed by atoms with Crippen LogP contribution < -0.4 is 20.3 Å². The summed E-state index contributed by atoms with van der Waals surface area (Å²) in [6, 6.07) is 12.6. The summed E-state index contributed by atoms with van der Waals surface area (Å²) in [5.74, 6) is 1.29. The van der Waals surface area contributed by atoms with E-state index in [9.17, 15) is 9.59 Å². The molecule has 2 aromatic carbocycles. The van der Waals surface area contributed by atoms with E-state index in [1.807, 2.05) is 52.0 Å². The van der Waals surface area contributed by atoms with Gasteiger partial charge in [0, 0.05) is 24.4 Å². The molecule has 35 heavy (non-hydrogen) atoms. The summed E-state index contributed by atoms with van der Waals surface area (Å²) >= 11 is 0. The Morgan fingerprint density at radius 2 is 1.80 bits per heavy atom. The molecule has 2 heterocycles. The van der Waals surface area contributed by atoms with E-state index in [4.69, 9.17) is 9.47 Å². The Morgan fingerprint density at radius 1 is 1.00 bits per heavy atom. The van der Waals surface area contributed by atoms with Crippen LogP contribution in [0.25, 0.3) is 5.78 Å². The Morgan fingerprint density at radius 3 is 2.57 bits per heavy atom. The Kier molecular flexibility index (Phi) is 7.14. The van der Waals surface area contributed by atoms with Gasteiger partial charge in [0.25, 0.3) is 17.2 Å². The van der Waals surface area contributed by atoms with E-state index in [0.29, 0.717) is 35.2 Å². The minimum absolute atomic E-state index is 0.0977. The summed E-state index contributed by atoms with van der Waals surface area (Å²) in [5, 5.41) is 2.83. The molecule has 0 saturated heterocycles. The van der Waals surface area contributed by atoms with Gasteiger partial charge in [0.15, 0.2) is 6.61 Å². The minimum atomic E-state index is -0.277. The Hall–Kier alpha value is -4.14. The van der Waals surface area contributed by atoms with Crippen molar-refractivity contribution in [1.29, 1.82) is 0 Å². The molecule has 0 aliphatic heterocycles. The molecule has 1 N–H and O–H groups in total. The fraction of sp³-hybridized carbons (Fsp3) is 0.308. The van der Waals surface area contributed by atoms with Gasteiger partial charge >= 0.3 is 0 Å². The molecule has 0 aliphatic rings. The lowest BCUT2D eigenvalue weighted by Crippen LogP contribution is -2.22. The van der Waals surface area contributed by atoms with Gasteiger partial charge in [-0.2, -0.15) is 9.50 Å². The molecule has 182 valence electrons. The molecule has 1 amide bonds. The van der Waals surface area contributed by atoms with Crippen molar-refractivity contribution in [2.24, 2.45) is 0 Å². The van der Waals surface area contributed by atoms with Crippen LogP contribution >= 0.6 is 0 Å². The van der Waals surface area contributed by atoms with E-state index >= 15 is 0 Å². The van der Waals surface area contributed by atoms with Crippen LogP contribution in [0.3, 0.4) is 0 Å². The standard InChI is InChI=1S/C26H29N5O4/c1-5-10-30-16-27-26-29-21(13-25(33)31(26)30)14-35-23-12-20(8-6-18(23)3)28-24(32)15-34-22-9-7-17(2)19(4)11-22/h6-9,11-13,16H,5,10,14-15H2,1-4H3,(H,28,32). The maximum atomic E-state index is 12.6. The number of hydrogen-bond acceptors (Lipinski definition) is 6. The summed E-state index contributed by atoms with van der Waals surface area (Å²) in [6.07, 6.45) is 2.49. The van der Waals surface area contributed by atoms with E-state index < -0.39 is 0 Å². The van der Waals surface area contributed by atoms with E-state index in [0.717, 1.165) is 17.5 Å². The molecular formula is C26H29N5O4. The number of nitrogens with zero attached hydrogens (tertiary/aromatic N) is 4. The number of rotatable bonds is 9. The first-order valence-electron chi connectivity index (χ1n) is 11.5. The van der Waals surface area contributed by atoms with Crippen LogP contribution in [0.5, 0.6) is 11.5 Å². The highest BCUT2D eigenvalue weighted by Gasteiger charge is 2.11. The van der Waals surface area contributed by atoms with Gasteiger partial charge in [-0.05, 0) is 62.1 Å². The van der Waals surface area contributed by atoms with Crippen molar-refractivity contribution in [1.82, 2.24) is 19.2 Å². The highest BCUT2D eigenvalue weighted by molar-refractivity contribution is 5.92. The maximum Gasteiger partial charge on any atom is 0.274 e. The lowest BCUT2D eigenvalue weighted by molar-refractivity contribution is -0.118. The van der Waals surface area contributed by atoms with E-state index in [2.05, 4.69) is 15.3 Å². The van der Waals surface area contributed by atoms with Gasteiger partial charge < -0.3 is 14.8 Å². The number of hydrogen-bond donors (Lipinski definition) is 1. The van der Waals surface area contributed by atoms with Crippen LogP contribution in [0, 0.1) is 20.8 Å². The van der Waals surface area contributed by atoms with Crippen molar-refractivity contribution in [3.05, 3.63) is 81.5 Å². The molecule has 0 atom stereocenters. The number of fused-ring (bicyclic) bond motifs is 1. The van der Waals surface area contributed by atoms with Gasteiger partial charge in [-0.3, -0.25) is 14.3 Å². The predicted octanol–water partition coefficient (Wildman–Crippen LogP) is 3.82. The lowest BCUT2D eigenvalue weighted by atomic mass is 10.1. The Labute approximate surface area is 203 Å². The average Bonchev–Trinajstić information content (AvgIpc) is 3.23. The van der Waals surface area contributed by atoms with E-state index in [-0.39, 0.29) is 24.7 Å². The number of ether oxygens (including phenoxy) is 2. The second kappa shape index (κ2) is 10.4. The van der Waals surface area contributed by atoms with Crippen LogP contribution in [0.2, 0.25) is 0 Å². The quantitative estimate of drug-likeness (QED) is 0.395. The number of benzene rings is 2. The molecule has 0 saturated carbocycles. The molecule has 4 aromatic rings. The van der Waals surface area contributed by atoms with Gasteiger partial charge in [0.2, 0.25) is 0 Å². The number of anilines is 1. The topological polar surface area (TPSA) is 99.8 Å². The van der Waals surface area contributed by atoms with Crippen LogP contribution in [0.15, 0.2) is 53.6 Å². The summed E-state index contributed by atoms with van der Waals surface area (Å²) in [7, 11) is 0. The molecule has 4 rings (SSSR count). The largest absolute Gasteiger partial charge is 0.487 e. The van der Waals surface area contributed by atoms with E-state index in [1.54, 1.807) is 23.1 Å². The third-order valence-corrected chi connectivity index (χ3v) is 5.64. The monoisotopic (exact) mass is 475 g/mol. The number of carbonyl (C=O) groups is 1. The second-order valence-electron chi connectivity index (χ2n) is 8.46. The molecule has 9 heteroatoms. The van der Waals surface area contributed by atoms with Gasteiger partial charge in [0.1, 0.15) is 24.4 Å². The zero-order valence-electron chi connectivity index (χ0n) is 20.4. The zero-order chi connectivity index (χ0) is 24.9. The van der Waals surface area contributed by atoms with Crippen LogP contribution in [0.4, 0.5) is 5.69 Å². The summed E-state index contributed by atoms with van der Waals surface area (Å²) in [6.45, 7) is 8.63. The normalized spacial score (nSPS) is 11.0. The highest BCUT2D eigenvalue weighted by Crippen LogP contribution is 2.24. The first kappa shape index (κ1) is 24.0. The number of carbonyl (C=O) groups excluding carboxylic acids is 1. The molecule has 0 fully saturated rings. The first-order chi connectivity index (χ1) is 16.8. The average molecular weight is 476 g/mol. The van der Waals surface area contributed by atoms with Crippen molar-refractivity contribution in [3.63, 3.8) is 0 Å². The number of aryl methyl sites for hydroxylation is 4.